The highest BCUT2D eigenvalue weighted by atomic mass is 35.5. The summed E-state index contributed by atoms with van der Waals surface area (Å²) in [7, 11) is -1.57. The summed E-state index contributed by atoms with van der Waals surface area (Å²) in [6.45, 7) is 1.17. The summed E-state index contributed by atoms with van der Waals surface area (Å²) in [5.41, 5.74) is 0.315. The molecule has 1 atom stereocenters. The molecule has 0 spiro atoms. The van der Waals surface area contributed by atoms with Gasteiger partial charge in [0.1, 0.15) is 12.4 Å². The molecule has 2 rings (SSSR count). The SMILES string of the molecule is OB(O)c1ccc(Cl)cc1OCC1CCCCO1. The molecule has 0 radical (unpaired) electrons. The molecule has 6 heteroatoms. The van der Waals surface area contributed by atoms with E-state index in [2.05, 4.69) is 0 Å². The standard InChI is InChI=1S/C12H16BClO4/c14-9-4-5-11(13(15)16)12(7-9)18-8-10-3-1-2-6-17-10/h4-5,7,10,15-16H,1-3,6,8H2. The Morgan fingerprint density at radius 2 is 2.22 bits per heavy atom. The van der Waals surface area contributed by atoms with Crippen LogP contribution in [0.2, 0.25) is 5.02 Å². The average Bonchev–Trinajstić information content (AvgIpc) is 2.37. The van der Waals surface area contributed by atoms with Gasteiger partial charge in [0, 0.05) is 17.1 Å². The van der Waals surface area contributed by atoms with Crippen molar-refractivity contribution in [3.05, 3.63) is 23.2 Å². The van der Waals surface area contributed by atoms with Gasteiger partial charge in [-0.25, -0.2) is 0 Å². The third kappa shape index (κ3) is 3.62. The molecule has 98 valence electrons. The smallest absolute Gasteiger partial charge is 0.491 e. The summed E-state index contributed by atoms with van der Waals surface area (Å²) >= 11 is 5.87. The van der Waals surface area contributed by atoms with Crippen molar-refractivity contribution in [1.29, 1.82) is 0 Å². The van der Waals surface area contributed by atoms with Crippen LogP contribution < -0.4 is 10.2 Å². The van der Waals surface area contributed by atoms with Crippen molar-refractivity contribution in [2.24, 2.45) is 0 Å². The van der Waals surface area contributed by atoms with Crippen molar-refractivity contribution >= 4 is 24.2 Å². The van der Waals surface area contributed by atoms with Gasteiger partial charge in [0.15, 0.2) is 0 Å². The lowest BCUT2D eigenvalue weighted by Crippen LogP contribution is -2.33. The van der Waals surface area contributed by atoms with Gasteiger partial charge in [-0.15, -0.1) is 0 Å². The van der Waals surface area contributed by atoms with Crippen molar-refractivity contribution in [2.45, 2.75) is 25.4 Å². The second-order valence-electron chi connectivity index (χ2n) is 4.36. The molecule has 0 saturated carbocycles. The maximum absolute atomic E-state index is 9.23. The number of benzene rings is 1. The van der Waals surface area contributed by atoms with Crippen LogP contribution in [-0.4, -0.2) is 36.5 Å². The predicted octanol–water partition coefficient (Wildman–Crippen LogP) is 0.968. The molecule has 0 bridgehead atoms. The highest BCUT2D eigenvalue weighted by molar-refractivity contribution is 6.59. The minimum Gasteiger partial charge on any atom is -0.491 e. The molecule has 0 aliphatic carbocycles. The summed E-state index contributed by atoms with van der Waals surface area (Å²) in [6, 6.07) is 4.73. The fourth-order valence-electron chi connectivity index (χ4n) is 1.97. The van der Waals surface area contributed by atoms with Gasteiger partial charge in [-0.3, -0.25) is 0 Å². The van der Waals surface area contributed by atoms with Crippen LogP contribution in [0.3, 0.4) is 0 Å². The first kappa shape index (κ1) is 13.7. The minimum atomic E-state index is -1.57. The average molecular weight is 271 g/mol. The molecule has 1 saturated heterocycles. The van der Waals surface area contributed by atoms with Gasteiger partial charge in [-0.2, -0.15) is 0 Å². The van der Waals surface area contributed by atoms with Crippen molar-refractivity contribution in [3.63, 3.8) is 0 Å². The number of hydrogen-bond donors (Lipinski definition) is 2. The summed E-state index contributed by atoms with van der Waals surface area (Å²) in [5, 5.41) is 19.0. The van der Waals surface area contributed by atoms with E-state index in [9.17, 15) is 10.0 Å². The largest absolute Gasteiger partial charge is 0.492 e. The second-order valence-corrected chi connectivity index (χ2v) is 4.79. The lowest BCUT2D eigenvalue weighted by Gasteiger charge is -2.23. The molecule has 4 nitrogen and oxygen atoms in total. The first-order chi connectivity index (χ1) is 8.66. The van der Waals surface area contributed by atoms with Crippen LogP contribution in [0.5, 0.6) is 5.75 Å². The zero-order valence-corrected chi connectivity index (χ0v) is 10.8. The molecule has 1 aromatic carbocycles. The van der Waals surface area contributed by atoms with E-state index in [1.54, 1.807) is 18.2 Å². The molecule has 1 aliphatic heterocycles. The normalized spacial score (nSPS) is 19.6. The molecule has 1 heterocycles. The molecule has 0 amide bonds. The summed E-state index contributed by atoms with van der Waals surface area (Å²) < 4.78 is 11.1. The molecule has 1 aliphatic rings. The van der Waals surface area contributed by atoms with Gasteiger partial charge in [-0.05, 0) is 31.4 Å². The second kappa shape index (κ2) is 6.43. The number of ether oxygens (including phenoxy) is 2. The Labute approximate surface area is 112 Å². The third-order valence-electron chi connectivity index (χ3n) is 2.95. The zero-order chi connectivity index (χ0) is 13.0. The molecule has 1 aromatic rings. The van der Waals surface area contributed by atoms with E-state index in [1.807, 2.05) is 0 Å². The van der Waals surface area contributed by atoms with Crippen LogP contribution in [0.4, 0.5) is 0 Å². The number of rotatable bonds is 4. The maximum atomic E-state index is 9.23. The van der Waals surface area contributed by atoms with E-state index in [4.69, 9.17) is 21.1 Å². The van der Waals surface area contributed by atoms with Crippen molar-refractivity contribution in [1.82, 2.24) is 0 Å². The third-order valence-corrected chi connectivity index (χ3v) is 3.19. The molecular formula is C12H16BClO4. The lowest BCUT2D eigenvalue weighted by molar-refractivity contribution is -0.0109. The molecule has 0 aromatic heterocycles. The predicted molar refractivity (Wildman–Crippen MR) is 70.4 cm³/mol. The number of hydrogen-bond acceptors (Lipinski definition) is 4. The topological polar surface area (TPSA) is 58.9 Å². The van der Waals surface area contributed by atoms with E-state index >= 15 is 0 Å². The van der Waals surface area contributed by atoms with Crippen molar-refractivity contribution in [3.8, 4) is 5.75 Å². The van der Waals surface area contributed by atoms with Gasteiger partial charge >= 0.3 is 7.12 Å². The van der Waals surface area contributed by atoms with Crippen LogP contribution >= 0.6 is 11.6 Å². The quantitative estimate of drug-likeness (QED) is 0.801. The van der Waals surface area contributed by atoms with Gasteiger partial charge in [0.2, 0.25) is 0 Å². The Morgan fingerprint density at radius 3 is 2.89 bits per heavy atom. The van der Waals surface area contributed by atoms with Gasteiger partial charge < -0.3 is 19.5 Å². The molecule has 1 fully saturated rings. The summed E-state index contributed by atoms with van der Waals surface area (Å²) in [4.78, 5) is 0. The van der Waals surface area contributed by atoms with Crippen molar-refractivity contribution in [2.75, 3.05) is 13.2 Å². The number of halogens is 1. The van der Waals surface area contributed by atoms with Crippen LogP contribution in [0, 0.1) is 0 Å². The van der Waals surface area contributed by atoms with Crippen LogP contribution in [-0.2, 0) is 4.74 Å². The first-order valence-corrected chi connectivity index (χ1v) is 6.44. The highest BCUT2D eigenvalue weighted by Gasteiger charge is 2.20. The Bertz CT molecular complexity index is 394. The van der Waals surface area contributed by atoms with Gasteiger partial charge in [0.25, 0.3) is 0 Å². The monoisotopic (exact) mass is 270 g/mol. The fourth-order valence-corrected chi connectivity index (χ4v) is 2.13. The molecule has 1 unspecified atom stereocenters. The Balaban J connectivity index is 2.00. The van der Waals surface area contributed by atoms with Gasteiger partial charge in [-0.1, -0.05) is 17.7 Å². The summed E-state index contributed by atoms with van der Waals surface area (Å²) in [6.07, 6.45) is 3.27. The lowest BCUT2D eigenvalue weighted by atomic mass is 9.79. The minimum absolute atomic E-state index is 0.0708. The molecular weight excluding hydrogens is 254 g/mol. The Kier molecular flexibility index (Phi) is 4.89. The highest BCUT2D eigenvalue weighted by Crippen LogP contribution is 2.18. The fraction of sp³-hybridized carbons (Fsp3) is 0.500. The van der Waals surface area contributed by atoms with Gasteiger partial charge in [0.05, 0.1) is 6.10 Å². The van der Waals surface area contributed by atoms with E-state index in [0.29, 0.717) is 22.8 Å². The van der Waals surface area contributed by atoms with Crippen LogP contribution in [0.25, 0.3) is 0 Å². The zero-order valence-electron chi connectivity index (χ0n) is 10.0. The van der Waals surface area contributed by atoms with E-state index < -0.39 is 7.12 Å². The van der Waals surface area contributed by atoms with Crippen molar-refractivity contribution < 1.29 is 19.5 Å². The summed E-state index contributed by atoms with van der Waals surface area (Å²) in [5.74, 6) is 0.395. The molecule has 18 heavy (non-hydrogen) atoms. The van der Waals surface area contributed by atoms with E-state index in [1.165, 1.54) is 0 Å². The maximum Gasteiger partial charge on any atom is 0.492 e. The van der Waals surface area contributed by atoms with E-state index in [0.717, 1.165) is 25.9 Å². The van der Waals surface area contributed by atoms with E-state index in [-0.39, 0.29) is 6.10 Å². The molecule has 2 N–H and O–H groups in total. The Morgan fingerprint density at radius 1 is 1.39 bits per heavy atom. The Hall–Kier alpha value is -0.745. The van der Waals surface area contributed by atoms with Crippen LogP contribution in [0.1, 0.15) is 19.3 Å². The van der Waals surface area contributed by atoms with Crippen LogP contribution in [0.15, 0.2) is 18.2 Å². The first-order valence-electron chi connectivity index (χ1n) is 6.07.